The summed E-state index contributed by atoms with van der Waals surface area (Å²) in [5.41, 5.74) is 0. The van der Waals surface area contributed by atoms with Crippen molar-refractivity contribution in [2.75, 3.05) is 19.0 Å². The average Bonchev–Trinajstić information content (AvgIpc) is 2.20. The highest BCUT2D eigenvalue weighted by molar-refractivity contribution is 7.85. The van der Waals surface area contributed by atoms with Crippen molar-refractivity contribution in [1.29, 1.82) is 0 Å². The van der Waals surface area contributed by atoms with Crippen molar-refractivity contribution >= 4 is 22.1 Å². The van der Waals surface area contributed by atoms with Gasteiger partial charge in [-0.25, -0.2) is 8.78 Å². The molecule has 10 heteroatoms. The molecular weight excluding hydrogens is 290 g/mol. The smallest absolute Gasteiger partial charge is 0.306 e. The fourth-order valence-corrected chi connectivity index (χ4v) is 1.11. The van der Waals surface area contributed by atoms with E-state index in [-0.39, 0.29) is 0 Å². The summed E-state index contributed by atoms with van der Waals surface area (Å²) in [5.74, 6) is -5.80. The largest absolute Gasteiger partial charge is 0.464 e. The summed E-state index contributed by atoms with van der Waals surface area (Å²) < 4.78 is 62.1. The molecule has 0 aliphatic heterocycles. The third kappa shape index (κ3) is 12.9. The van der Waals surface area contributed by atoms with Crippen LogP contribution in [0.25, 0.3) is 0 Å². The summed E-state index contributed by atoms with van der Waals surface area (Å²) >= 11 is 0. The van der Waals surface area contributed by atoms with Gasteiger partial charge in [-0.3, -0.25) is 14.1 Å². The lowest BCUT2D eigenvalue weighted by molar-refractivity contribution is -0.156. The lowest BCUT2D eigenvalue weighted by atomic mass is 10.3. The van der Waals surface area contributed by atoms with Gasteiger partial charge in [0.25, 0.3) is 16.0 Å². The quantitative estimate of drug-likeness (QED) is 0.510. The van der Waals surface area contributed by atoms with Crippen molar-refractivity contribution in [3.8, 4) is 0 Å². The number of alkyl halides is 2. The maximum Gasteiger partial charge on any atom is 0.306 e. The molecular formula is C9H14F2O7S. The minimum absolute atomic E-state index is 0.431. The van der Waals surface area contributed by atoms with E-state index in [4.69, 9.17) is 4.55 Å². The van der Waals surface area contributed by atoms with Gasteiger partial charge in [0.2, 0.25) is 0 Å². The average molecular weight is 304 g/mol. The minimum Gasteiger partial charge on any atom is -0.464 e. The molecule has 0 bridgehead atoms. The van der Waals surface area contributed by atoms with Crippen molar-refractivity contribution in [1.82, 2.24) is 0 Å². The summed E-state index contributed by atoms with van der Waals surface area (Å²) in [6.45, 7) is -1.06. The Balaban J connectivity index is 3.76. The van der Waals surface area contributed by atoms with E-state index in [9.17, 15) is 26.8 Å². The Morgan fingerprint density at radius 3 is 2.05 bits per heavy atom. The van der Waals surface area contributed by atoms with Gasteiger partial charge in [0, 0.05) is 6.92 Å². The van der Waals surface area contributed by atoms with Crippen LogP contribution < -0.4 is 0 Å². The molecule has 0 radical (unpaired) electrons. The molecule has 0 unspecified atom stereocenters. The monoisotopic (exact) mass is 304 g/mol. The molecule has 0 amide bonds. The lowest BCUT2D eigenvalue weighted by Gasteiger charge is -2.10. The van der Waals surface area contributed by atoms with Gasteiger partial charge in [-0.05, 0) is 0 Å². The molecule has 0 spiro atoms. The number of halogens is 2. The van der Waals surface area contributed by atoms with Gasteiger partial charge in [-0.1, -0.05) is 0 Å². The first-order valence-corrected chi connectivity index (χ1v) is 6.75. The second kappa shape index (κ2) is 7.34. The van der Waals surface area contributed by atoms with Crippen LogP contribution in [0.15, 0.2) is 0 Å². The van der Waals surface area contributed by atoms with Crippen molar-refractivity contribution < 1.29 is 40.8 Å². The molecule has 1 N–H and O–H groups in total. The molecule has 0 aromatic heterocycles. The van der Waals surface area contributed by atoms with Gasteiger partial charge in [0.05, 0.1) is 12.8 Å². The number of hydrogen-bond donors (Lipinski definition) is 1. The summed E-state index contributed by atoms with van der Waals surface area (Å²) in [7, 11) is -4.23. The van der Waals surface area contributed by atoms with Crippen LogP contribution in [-0.2, 0) is 29.2 Å². The molecule has 0 rings (SSSR count). The number of hydrogen-bond acceptors (Lipinski definition) is 6. The third-order valence-corrected chi connectivity index (χ3v) is 2.31. The lowest BCUT2D eigenvalue weighted by Crippen LogP contribution is -2.22. The van der Waals surface area contributed by atoms with Gasteiger partial charge in [-0.2, -0.15) is 8.42 Å². The number of carbonyl (C=O) groups excluding carboxylic acids is 2. The number of esters is 2. The van der Waals surface area contributed by atoms with E-state index in [1.165, 1.54) is 0 Å². The summed E-state index contributed by atoms with van der Waals surface area (Å²) in [4.78, 5) is 21.9. The molecule has 0 aliphatic rings. The first kappa shape index (κ1) is 17.7. The van der Waals surface area contributed by atoms with Gasteiger partial charge in [-0.15, -0.1) is 0 Å². The molecule has 0 saturated heterocycles. The highest BCUT2D eigenvalue weighted by atomic mass is 32.2. The predicted octanol–water partition coefficient (Wildman–Crippen LogP) is 0.396. The maximum atomic E-state index is 12.3. The molecule has 0 aliphatic carbocycles. The molecule has 0 aromatic carbocycles. The van der Waals surface area contributed by atoms with Crippen LogP contribution in [0.4, 0.5) is 8.78 Å². The zero-order valence-electron chi connectivity index (χ0n) is 10.1. The normalized spacial score (nSPS) is 12.0. The van der Waals surface area contributed by atoms with Gasteiger partial charge >= 0.3 is 11.9 Å². The summed E-state index contributed by atoms with van der Waals surface area (Å²) in [5, 5.41) is 0. The second-order valence-corrected chi connectivity index (χ2v) is 5.31. The molecule has 0 heterocycles. The summed E-state index contributed by atoms with van der Waals surface area (Å²) in [6, 6.07) is 0. The van der Waals surface area contributed by atoms with Crippen molar-refractivity contribution in [3.63, 3.8) is 0 Å². The van der Waals surface area contributed by atoms with E-state index in [0.717, 1.165) is 0 Å². The van der Waals surface area contributed by atoms with E-state index in [1.807, 2.05) is 0 Å². The first-order chi connectivity index (χ1) is 8.49. The zero-order chi connectivity index (χ0) is 15.1. The molecule has 0 fully saturated rings. The standard InChI is InChI=1S/C9H14F2O7S/c1-9(10,11)6-18-8(13)3-2-7(12)17-4-5-19(14,15)16/h2-6H2,1H3,(H,14,15,16). The van der Waals surface area contributed by atoms with E-state index in [1.54, 1.807) is 0 Å². The minimum atomic E-state index is -4.23. The fourth-order valence-electron chi connectivity index (χ4n) is 0.816. The van der Waals surface area contributed by atoms with Crippen LogP contribution in [-0.4, -0.2) is 49.8 Å². The van der Waals surface area contributed by atoms with Crippen molar-refractivity contribution in [2.24, 2.45) is 0 Å². The second-order valence-electron chi connectivity index (χ2n) is 3.74. The van der Waals surface area contributed by atoms with Crippen LogP contribution in [0, 0.1) is 0 Å². The Hall–Kier alpha value is -1.29. The molecule has 7 nitrogen and oxygen atoms in total. The number of rotatable bonds is 8. The van der Waals surface area contributed by atoms with E-state index in [2.05, 4.69) is 9.47 Å². The maximum absolute atomic E-state index is 12.3. The number of carbonyl (C=O) groups is 2. The van der Waals surface area contributed by atoms with Crippen molar-refractivity contribution in [3.05, 3.63) is 0 Å². The SMILES string of the molecule is CC(F)(F)COC(=O)CCC(=O)OCCS(=O)(=O)O. The van der Waals surface area contributed by atoms with Crippen LogP contribution in [0.1, 0.15) is 19.8 Å². The molecule has 19 heavy (non-hydrogen) atoms. The molecule has 0 atom stereocenters. The predicted molar refractivity (Wildman–Crippen MR) is 58.2 cm³/mol. The Bertz CT molecular complexity index is 413. The zero-order valence-corrected chi connectivity index (χ0v) is 10.9. The molecule has 0 saturated carbocycles. The highest BCUT2D eigenvalue weighted by Gasteiger charge is 2.23. The van der Waals surface area contributed by atoms with E-state index in [0.29, 0.717) is 6.92 Å². The highest BCUT2D eigenvalue weighted by Crippen LogP contribution is 2.12. The topological polar surface area (TPSA) is 107 Å². The first-order valence-electron chi connectivity index (χ1n) is 5.14. The van der Waals surface area contributed by atoms with Crippen LogP contribution in [0.5, 0.6) is 0 Å². The number of ether oxygens (including phenoxy) is 2. The summed E-state index contributed by atoms with van der Waals surface area (Å²) in [6.07, 6.45) is -0.889. The molecule has 0 aromatic rings. The van der Waals surface area contributed by atoms with Gasteiger partial charge in [0.15, 0.2) is 6.61 Å². The Morgan fingerprint density at radius 2 is 1.63 bits per heavy atom. The Kier molecular flexibility index (Phi) is 6.84. The van der Waals surface area contributed by atoms with E-state index < -0.39 is 59.8 Å². The van der Waals surface area contributed by atoms with Crippen LogP contribution in [0.3, 0.4) is 0 Å². The third-order valence-electron chi connectivity index (χ3n) is 1.62. The van der Waals surface area contributed by atoms with E-state index >= 15 is 0 Å². The van der Waals surface area contributed by atoms with Crippen LogP contribution in [0.2, 0.25) is 0 Å². The van der Waals surface area contributed by atoms with Gasteiger partial charge < -0.3 is 9.47 Å². The van der Waals surface area contributed by atoms with Gasteiger partial charge in [0.1, 0.15) is 12.4 Å². The Labute approximate surface area is 108 Å². The Morgan fingerprint density at radius 1 is 1.16 bits per heavy atom. The van der Waals surface area contributed by atoms with Crippen LogP contribution >= 0.6 is 0 Å². The fraction of sp³-hybridized carbons (Fsp3) is 0.778. The van der Waals surface area contributed by atoms with Crippen molar-refractivity contribution in [2.45, 2.75) is 25.7 Å². The molecule has 112 valence electrons.